The third-order valence-corrected chi connectivity index (χ3v) is 7.55. The highest BCUT2D eigenvalue weighted by Gasteiger charge is 2.19. The van der Waals surface area contributed by atoms with E-state index < -0.39 is 0 Å². The van der Waals surface area contributed by atoms with Crippen LogP contribution in [0.5, 0.6) is 0 Å². The number of hydrogen-bond donors (Lipinski definition) is 2. The molecule has 0 saturated carbocycles. The van der Waals surface area contributed by atoms with Gasteiger partial charge in [-0.25, -0.2) is 4.98 Å². The lowest BCUT2D eigenvalue weighted by Gasteiger charge is -2.22. The van der Waals surface area contributed by atoms with Crippen LogP contribution in [-0.4, -0.2) is 75.1 Å². The van der Waals surface area contributed by atoms with E-state index in [9.17, 15) is 9.59 Å². The molecule has 0 unspecified atom stereocenters. The highest BCUT2D eigenvalue weighted by molar-refractivity contribution is 6.32. The minimum atomic E-state index is -0.244. The van der Waals surface area contributed by atoms with E-state index >= 15 is 0 Å². The second-order valence-electron chi connectivity index (χ2n) is 11.0. The third-order valence-electron chi connectivity index (χ3n) is 7.28. The Morgan fingerprint density at radius 1 is 1.09 bits per heavy atom. The SMILES string of the molecule is CCCN(CC)C/C=C/C(=O)Nc1cccc(N(C=O)c2nc(Nc3cn(C)nc3Cl)ncc2CCN(C)Cc2ccccc2)c1. The van der Waals surface area contributed by atoms with E-state index in [4.69, 9.17) is 16.6 Å². The van der Waals surface area contributed by atoms with Crippen LogP contribution in [-0.2, 0) is 29.6 Å². The van der Waals surface area contributed by atoms with Gasteiger partial charge in [-0.05, 0) is 56.7 Å². The smallest absolute Gasteiger partial charge is 0.248 e. The van der Waals surface area contributed by atoms with E-state index in [1.54, 1.807) is 54.5 Å². The van der Waals surface area contributed by atoms with Gasteiger partial charge < -0.3 is 15.5 Å². The van der Waals surface area contributed by atoms with Crippen LogP contribution in [0, 0.1) is 0 Å². The molecule has 0 bridgehead atoms. The Labute approximate surface area is 275 Å². The van der Waals surface area contributed by atoms with E-state index in [0.717, 1.165) is 31.6 Å². The Bertz CT molecular complexity index is 1610. The summed E-state index contributed by atoms with van der Waals surface area (Å²) >= 11 is 6.27. The number of likely N-dealkylation sites (N-methyl/N-ethyl adjacent to an activating group) is 2. The molecular weight excluding hydrogens is 602 g/mol. The molecule has 0 aliphatic rings. The molecule has 4 aromatic rings. The Morgan fingerprint density at radius 3 is 2.59 bits per heavy atom. The fraction of sp³-hybridized carbons (Fsp3) is 0.324. The maximum Gasteiger partial charge on any atom is 0.248 e. The standard InChI is InChI=1S/C34H42ClN9O2/c1-5-18-43(6-2)19-11-16-31(46)37-28-14-10-15-29(21-28)44(25-45)33-27(17-20-41(3)23-26-12-8-7-9-13-26)22-36-34(39-33)38-30-24-42(4)40-32(30)35/h7-16,21-22,24-25H,5-6,17-20,23H2,1-4H3,(H,37,46)(H,36,38,39)/b16-11+. The summed E-state index contributed by atoms with van der Waals surface area (Å²) in [6, 6.07) is 17.3. The van der Waals surface area contributed by atoms with Crippen molar-refractivity contribution in [3.63, 3.8) is 0 Å². The maximum absolute atomic E-state index is 12.7. The first-order valence-electron chi connectivity index (χ1n) is 15.4. The summed E-state index contributed by atoms with van der Waals surface area (Å²) in [7, 11) is 3.82. The average Bonchev–Trinajstić information content (AvgIpc) is 3.36. The van der Waals surface area contributed by atoms with E-state index in [0.29, 0.717) is 48.8 Å². The number of carbonyl (C=O) groups excluding carboxylic acids is 2. The number of nitrogens with zero attached hydrogens (tertiary/aromatic N) is 7. The molecule has 2 aromatic carbocycles. The van der Waals surface area contributed by atoms with Crippen molar-refractivity contribution in [3.05, 3.63) is 95.4 Å². The Morgan fingerprint density at radius 2 is 1.89 bits per heavy atom. The predicted molar refractivity (Wildman–Crippen MR) is 185 cm³/mol. The lowest BCUT2D eigenvalue weighted by Crippen LogP contribution is -2.24. The molecular formula is C34H42ClN9O2. The first-order chi connectivity index (χ1) is 22.3. The molecule has 242 valence electrons. The molecule has 0 aliphatic heterocycles. The first-order valence-corrected chi connectivity index (χ1v) is 15.8. The molecule has 0 fully saturated rings. The number of carbonyl (C=O) groups is 2. The van der Waals surface area contributed by atoms with Gasteiger partial charge in [-0.1, -0.05) is 67.9 Å². The Kier molecular flexibility index (Phi) is 12.8. The predicted octanol–water partition coefficient (Wildman–Crippen LogP) is 5.80. The maximum atomic E-state index is 12.7. The molecule has 11 nitrogen and oxygen atoms in total. The fourth-order valence-electron chi connectivity index (χ4n) is 4.95. The molecule has 0 spiro atoms. The second kappa shape index (κ2) is 17.2. The van der Waals surface area contributed by atoms with E-state index in [1.807, 2.05) is 24.3 Å². The van der Waals surface area contributed by atoms with Crippen LogP contribution >= 0.6 is 11.6 Å². The van der Waals surface area contributed by atoms with Gasteiger partial charge in [0.1, 0.15) is 5.82 Å². The van der Waals surface area contributed by atoms with Gasteiger partial charge in [0.25, 0.3) is 0 Å². The first kappa shape index (κ1) is 34.3. The summed E-state index contributed by atoms with van der Waals surface area (Å²) in [6.45, 7) is 8.32. The van der Waals surface area contributed by atoms with Crippen molar-refractivity contribution in [1.82, 2.24) is 29.5 Å². The minimum Gasteiger partial charge on any atom is -0.322 e. The van der Waals surface area contributed by atoms with E-state index in [-0.39, 0.29) is 17.0 Å². The number of hydrogen-bond acceptors (Lipinski definition) is 8. The molecule has 4 rings (SSSR count). The zero-order chi connectivity index (χ0) is 32.9. The van der Waals surface area contributed by atoms with Gasteiger partial charge in [0.05, 0.1) is 11.4 Å². The summed E-state index contributed by atoms with van der Waals surface area (Å²) in [6.07, 6.45) is 9.20. The number of amides is 2. The Balaban J connectivity index is 1.56. The normalized spacial score (nSPS) is 11.4. The number of aryl methyl sites for hydroxylation is 1. The van der Waals surface area contributed by atoms with Crippen molar-refractivity contribution in [2.75, 3.05) is 48.8 Å². The summed E-state index contributed by atoms with van der Waals surface area (Å²) in [5, 5.41) is 10.4. The highest BCUT2D eigenvalue weighted by Crippen LogP contribution is 2.30. The van der Waals surface area contributed by atoms with Crippen molar-refractivity contribution in [1.29, 1.82) is 0 Å². The van der Waals surface area contributed by atoms with Gasteiger partial charge in [-0.2, -0.15) is 10.1 Å². The van der Waals surface area contributed by atoms with Crippen molar-refractivity contribution >= 4 is 52.7 Å². The lowest BCUT2D eigenvalue weighted by molar-refractivity contribution is -0.112. The summed E-state index contributed by atoms with van der Waals surface area (Å²) in [5.74, 6) is 0.433. The molecule has 0 radical (unpaired) electrons. The zero-order valence-electron chi connectivity index (χ0n) is 26.9. The molecule has 46 heavy (non-hydrogen) atoms. The summed E-state index contributed by atoms with van der Waals surface area (Å²) in [4.78, 5) is 40.6. The molecule has 2 N–H and O–H groups in total. The molecule has 2 amide bonds. The van der Waals surface area contributed by atoms with Gasteiger partial charge in [0.15, 0.2) is 5.15 Å². The van der Waals surface area contributed by atoms with Crippen molar-refractivity contribution in [2.24, 2.45) is 7.05 Å². The van der Waals surface area contributed by atoms with Crippen molar-refractivity contribution in [3.8, 4) is 0 Å². The average molecular weight is 644 g/mol. The molecule has 2 aromatic heterocycles. The lowest BCUT2D eigenvalue weighted by atomic mass is 10.1. The van der Waals surface area contributed by atoms with Crippen LogP contribution in [0.25, 0.3) is 0 Å². The monoisotopic (exact) mass is 643 g/mol. The van der Waals surface area contributed by atoms with E-state index in [1.165, 1.54) is 10.5 Å². The van der Waals surface area contributed by atoms with Gasteiger partial charge in [-0.15, -0.1) is 0 Å². The van der Waals surface area contributed by atoms with Crippen LogP contribution in [0.15, 0.2) is 79.1 Å². The van der Waals surface area contributed by atoms with Crippen LogP contribution in [0.3, 0.4) is 0 Å². The molecule has 0 saturated heterocycles. The Hall–Kier alpha value is -4.58. The van der Waals surface area contributed by atoms with Gasteiger partial charge in [0.2, 0.25) is 18.3 Å². The van der Waals surface area contributed by atoms with Gasteiger partial charge in [-0.3, -0.25) is 24.1 Å². The second-order valence-corrected chi connectivity index (χ2v) is 11.3. The molecule has 2 heterocycles. The molecule has 12 heteroatoms. The number of rotatable bonds is 17. The van der Waals surface area contributed by atoms with Crippen LogP contribution < -0.4 is 15.5 Å². The van der Waals surface area contributed by atoms with Gasteiger partial charge >= 0.3 is 0 Å². The largest absolute Gasteiger partial charge is 0.322 e. The van der Waals surface area contributed by atoms with E-state index in [2.05, 4.69) is 63.5 Å². The van der Waals surface area contributed by atoms with Crippen LogP contribution in [0.1, 0.15) is 31.4 Å². The van der Waals surface area contributed by atoms with Crippen LogP contribution in [0.4, 0.5) is 28.8 Å². The van der Waals surface area contributed by atoms with Crippen molar-refractivity contribution in [2.45, 2.75) is 33.2 Å². The summed E-state index contributed by atoms with van der Waals surface area (Å²) < 4.78 is 1.58. The number of nitrogens with one attached hydrogen (secondary N) is 2. The summed E-state index contributed by atoms with van der Waals surface area (Å²) in [5.41, 5.74) is 3.62. The van der Waals surface area contributed by atoms with Gasteiger partial charge in [0, 0.05) is 56.4 Å². The minimum absolute atomic E-state index is 0.244. The molecule has 0 aliphatic carbocycles. The topological polar surface area (TPSA) is 112 Å². The van der Waals surface area contributed by atoms with Crippen LogP contribution in [0.2, 0.25) is 5.15 Å². The number of benzene rings is 2. The van der Waals surface area contributed by atoms with Crippen molar-refractivity contribution < 1.29 is 9.59 Å². The molecule has 0 atom stereocenters. The fourth-order valence-corrected chi connectivity index (χ4v) is 5.16. The number of anilines is 5. The quantitative estimate of drug-likeness (QED) is 0.110. The third kappa shape index (κ3) is 9.96. The number of aromatic nitrogens is 4. The number of halogens is 1. The highest BCUT2D eigenvalue weighted by atomic mass is 35.5. The zero-order valence-corrected chi connectivity index (χ0v) is 27.6.